The van der Waals surface area contributed by atoms with E-state index in [1.165, 1.54) is 0 Å². The summed E-state index contributed by atoms with van der Waals surface area (Å²) in [6.45, 7) is 0. The minimum Gasteiger partial charge on any atom is -0.456 e. The predicted molar refractivity (Wildman–Crippen MR) is 50.6 cm³/mol. The topological polar surface area (TPSA) is 127 Å². The number of carbonyl (C=O) groups excluding carboxylic acids is 1. The second-order valence-corrected chi connectivity index (χ2v) is 3.81. The van der Waals surface area contributed by atoms with Crippen molar-refractivity contribution in [1.29, 1.82) is 0 Å². The Labute approximate surface area is 95.8 Å². The van der Waals surface area contributed by atoms with Gasteiger partial charge in [-0.05, 0) is 0 Å². The number of esters is 1. The van der Waals surface area contributed by atoms with Crippen LogP contribution in [0.1, 0.15) is 0 Å². The molecule has 0 aromatic rings. The highest BCUT2D eigenvalue weighted by molar-refractivity contribution is 6.26. The van der Waals surface area contributed by atoms with E-state index in [1.807, 2.05) is 0 Å². The number of rotatable bonds is 2. The molecule has 0 radical (unpaired) electrons. The molecule has 0 saturated heterocycles. The van der Waals surface area contributed by atoms with Gasteiger partial charge in [0.15, 0.2) is 6.10 Å². The van der Waals surface area contributed by atoms with Crippen molar-refractivity contribution in [2.75, 3.05) is 5.88 Å². The van der Waals surface area contributed by atoms with E-state index in [4.69, 9.17) is 11.6 Å². The van der Waals surface area contributed by atoms with Crippen LogP contribution in [-0.2, 0) is 9.53 Å². The fourth-order valence-electron chi connectivity index (χ4n) is 1.52. The molecule has 1 rings (SSSR count). The minimum atomic E-state index is -1.72. The summed E-state index contributed by atoms with van der Waals surface area (Å²) in [5.41, 5.74) is 0. The quantitative estimate of drug-likeness (QED) is 0.262. The van der Waals surface area contributed by atoms with Crippen molar-refractivity contribution < 1.29 is 35.1 Å². The Kier molecular flexibility index (Phi) is 4.48. The van der Waals surface area contributed by atoms with Gasteiger partial charge in [-0.3, -0.25) is 4.79 Å². The molecule has 5 N–H and O–H groups in total. The SMILES string of the molecule is O=C(CCl)OC1[C@H](O)[C@H](O)C(O)[C@H](O)[C@H]1O. The van der Waals surface area contributed by atoms with Gasteiger partial charge >= 0.3 is 5.97 Å². The van der Waals surface area contributed by atoms with Crippen LogP contribution >= 0.6 is 11.6 Å². The molecular weight excluding hydrogens is 244 g/mol. The second kappa shape index (κ2) is 5.26. The van der Waals surface area contributed by atoms with Crippen molar-refractivity contribution in [2.24, 2.45) is 0 Å². The van der Waals surface area contributed by atoms with Gasteiger partial charge in [0.2, 0.25) is 0 Å². The molecule has 0 aliphatic heterocycles. The van der Waals surface area contributed by atoms with Crippen LogP contribution in [0.5, 0.6) is 0 Å². The number of aliphatic hydroxyl groups excluding tert-OH is 5. The summed E-state index contributed by atoms with van der Waals surface area (Å²) in [6, 6.07) is 0. The fraction of sp³-hybridized carbons (Fsp3) is 0.875. The molecule has 0 aromatic carbocycles. The van der Waals surface area contributed by atoms with Crippen LogP contribution in [0.25, 0.3) is 0 Å². The molecule has 6 atom stereocenters. The lowest BCUT2D eigenvalue weighted by atomic mass is 9.85. The maximum atomic E-state index is 10.9. The summed E-state index contributed by atoms with van der Waals surface area (Å²) in [5.74, 6) is -1.41. The van der Waals surface area contributed by atoms with E-state index in [0.717, 1.165) is 0 Å². The van der Waals surface area contributed by atoms with Gasteiger partial charge in [-0.15, -0.1) is 11.6 Å². The van der Waals surface area contributed by atoms with Gasteiger partial charge < -0.3 is 30.3 Å². The Morgan fingerprint density at radius 1 is 0.938 bits per heavy atom. The van der Waals surface area contributed by atoms with Gasteiger partial charge in [-0.25, -0.2) is 0 Å². The Balaban J connectivity index is 2.78. The summed E-state index contributed by atoms with van der Waals surface area (Å²) in [4.78, 5) is 10.9. The Bertz CT molecular complexity index is 245. The van der Waals surface area contributed by atoms with Crippen molar-refractivity contribution in [2.45, 2.75) is 36.6 Å². The van der Waals surface area contributed by atoms with E-state index >= 15 is 0 Å². The average Bonchev–Trinajstić information content (AvgIpc) is 2.29. The van der Waals surface area contributed by atoms with Crippen LogP contribution in [0.2, 0.25) is 0 Å². The second-order valence-electron chi connectivity index (χ2n) is 3.54. The van der Waals surface area contributed by atoms with Crippen molar-refractivity contribution in [1.82, 2.24) is 0 Å². The van der Waals surface area contributed by atoms with E-state index in [1.54, 1.807) is 0 Å². The molecule has 0 amide bonds. The molecule has 16 heavy (non-hydrogen) atoms. The highest BCUT2D eigenvalue weighted by Gasteiger charge is 2.50. The lowest BCUT2D eigenvalue weighted by molar-refractivity contribution is -0.232. The summed E-state index contributed by atoms with van der Waals surface area (Å²) >= 11 is 5.16. The lowest BCUT2D eigenvalue weighted by Gasteiger charge is -2.40. The van der Waals surface area contributed by atoms with E-state index in [2.05, 4.69) is 4.74 Å². The molecule has 0 spiro atoms. The summed E-state index contributed by atoms with van der Waals surface area (Å²) in [6.07, 6.45) is -10.1. The smallest absolute Gasteiger partial charge is 0.321 e. The standard InChI is InChI=1S/C8H13ClO7/c9-1-2(10)16-8-6(14)4(12)3(11)5(13)7(8)15/h3-8,11-15H,1H2/t3?,4-,5+,6-,7-,8?/m1/s1. The van der Waals surface area contributed by atoms with Crippen molar-refractivity contribution >= 4 is 17.6 Å². The molecular formula is C8H13ClO7. The highest BCUT2D eigenvalue weighted by atomic mass is 35.5. The van der Waals surface area contributed by atoms with Crippen LogP contribution < -0.4 is 0 Å². The van der Waals surface area contributed by atoms with Crippen molar-refractivity contribution in [3.8, 4) is 0 Å². The molecule has 1 fully saturated rings. The van der Waals surface area contributed by atoms with Gasteiger partial charge in [0.25, 0.3) is 0 Å². The summed E-state index contributed by atoms with van der Waals surface area (Å²) < 4.78 is 4.55. The normalized spacial score (nSPS) is 44.1. The molecule has 2 unspecified atom stereocenters. The van der Waals surface area contributed by atoms with Gasteiger partial charge in [-0.2, -0.15) is 0 Å². The average molecular weight is 257 g/mol. The molecule has 0 heterocycles. The zero-order chi connectivity index (χ0) is 12.5. The Morgan fingerprint density at radius 2 is 1.31 bits per heavy atom. The third-order valence-electron chi connectivity index (χ3n) is 2.45. The van der Waals surface area contributed by atoms with Gasteiger partial charge in [-0.1, -0.05) is 0 Å². The first-order valence-electron chi connectivity index (χ1n) is 4.56. The first kappa shape index (κ1) is 13.6. The van der Waals surface area contributed by atoms with Gasteiger partial charge in [0.05, 0.1) is 0 Å². The van der Waals surface area contributed by atoms with Crippen LogP contribution in [-0.4, -0.2) is 74.0 Å². The Hall–Kier alpha value is -0.440. The molecule has 8 heteroatoms. The van der Waals surface area contributed by atoms with E-state index < -0.39 is 48.5 Å². The molecule has 1 aliphatic rings. The van der Waals surface area contributed by atoms with Crippen molar-refractivity contribution in [3.63, 3.8) is 0 Å². The monoisotopic (exact) mass is 256 g/mol. The van der Waals surface area contributed by atoms with Crippen LogP contribution in [0.4, 0.5) is 0 Å². The molecule has 94 valence electrons. The van der Waals surface area contributed by atoms with E-state index in [0.29, 0.717) is 0 Å². The van der Waals surface area contributed by atoms with Crippen molar-refractivity contribution in [3.05, 3.63) is 0 Å². The first-order valence-corrected chi connectivity index (χ1v) is 5.09. The number of carbonyl (C=O) groups is 1. The molecule has 0 bridgehead atoms. The maximum absolute atomic E-state index is 10.9. The minimum absolute atomic E-state index is 0.495. The number of hydrogen-bond acceptors (Lipinski definition) is 7. The zero-order valence-electron chi connectivity index (χ0n) is 8.10. The summed E-state index contributed by atoms with van der Waals surface area (Å²) in [7, 11) is 0. The number of ether oxygens (including phenoxy) is 1. The lowest BCUT2D eigenvalue weighted by Crippen LogP contribution is -2.64. The van der Waals surface area contributed by atoms with Gasteiger partial charge in [0, 0.05) is 0 Å². The number of hydrogen-bond donors (Lipinski definition) is 5. The fourth-order valence-corrected chi connectivity index (χ4v) is 1.58. The third kappa shape index (κ3) is 2.45. The van der Waals surface area contributed by atoms with Crippen LogP contribution in [0.15, 0.2) is 0 Å². The van der Waals surface area contributed by atoms with Crippen LogP contribution in [0, 0.1) is 0 Å². The van der Waals surface area contributed by atoms with E-state index in [-0.39, 0.29) is 0 Å². The maximum Gasteiger partial charge on any atom is 0.321 e. The predicted octanol–water partition coefficient (Wildman–Crippen LogP) is -3.04. The van der Waals surface area contributed by atoms with E-state index in [9.17, 15) is 30.3 Å². The zero-order valence-corrected chi connectivity index (χ0v) is 8.86. The summed E-state index contributed by atoms with van der Waals surface area (Å²) in [5, 5.41) is 46.7. The largest absolute Gasteiger partial charge is 0.456 e. The number of aliphatic hydroxyl groups is 5. The van der Waals surface area contributed by atoms with Gasteiger partial charge in [0.1, 0.15) is 36.4 Å². The molecule has 7 nitrogen and oxygen atoms in total. The number of halogens is 1. The van der Waals surface area contributed by atoms with Crippen LogP contribution in [0.3, 0.4) is 0 Å². The Morgan fingerprint density at radius 3 is 1.69 bits per heavy atom. The molecule has 1 saturated carbocycles. The number of alkyl halides is 1. The molecule has 0 aromatic heterocycles. The molecule has 1 aliphatic carbocycles. The third-order valence-corrected chi connectivity index (χ3v) is 2.67. The highest BCUT2D eigenvalue weighted by Crippen LogP contribution is 2.23. The first-order chi connectivity index (χ1) is 7.40.